The summed E-state index contributed by atoms with van der Waals surface area (Å²) in [5.41, 5.74) is 9.67. The number of alkyl carbamates (subject to hydrolysis) is 1. The van der Waals surface area contributed by atoms with Crippen molar-refractivity contribution in [3.8, 4) is 0 Å². The van der Waals surface area contributed by atoms with E-state index in [9.17, 15) is 19.2 Å². The van der Waals surface area contributed by atoms with Gasteiger partial charge < -0.3 is 26.0 Å². The van der Waals surface area contributed by atoms with Gasteiger partial charge in [0.25, 0.3) is 5.91 Å². The van der Waals surface area contributed by atoms with Gasteiger partial charge in [-0.1, -0.05) is 43.3 Å². The van der Waals surface area contributed by atoms with Crippen LogP contribution in [0.3, 0.4) is 0 Å². The second kappa shape index (κ2) is 13.3. The van der Waals surface area contributed by atoms with Gasteiger partial charge in [-0.2, -0.15) is 0 Å². The lowest BCUT2D eigenvalue weighted by Gasteiger charge is -2.34. The van der Waals surface area contributed by atoms with Crippen molar-refractivity contribution in [1.82, 2.24) is 10.2 Å². The summed E-state index contributed by atoms with van der Waals surface area (Å²) in [4.78, 5) is 53.9. The molecule has 0 radical (unpaired) electrons. The fourth-order valence-electron chi connectivity index (χ4n) is 4.27. The Bertz CT molecular complexity index is 1200. The van der Waals surface area contributed by atoms with Crippen LogP contribution in [0.15, 0.2) is 36.4 Å². The quantitative estimate of drug-likeness (QED) is 0.407. The maximum absolute atomic E-state index is 14.0. The fraction of sp³-hybridized carbons (Fsp3) is 0.467. The molecular formula is C30H42N4O5. The number of aryl methyl sites for hydroxylation is 4. The van der Waals surface area contributed by atoms with Crippen LogP contribution in [-0.2, 0) is 19.1 Å². The first kappa shape index (κ1) is 31.3. The average molecular weight is 539 g/mol. The van der Waals surface area contributed by atoms with Gasteiger partial charge in [0, 0.05) is 12.2 Å². The molecule has 0 fully saturated rings. The summed E-state index contributed by atoms with van der Waals surface area (Å²) in [6.07, 6.45) is -0.781. The van der Waals surface area contributed by atoms with E-state index in [1.165, 1.54) is 4.90 Å². The molecule has 0 spiro atoms. The van der Waals surface area contributed by atoms with E-state index in [0.717, 1.165) is 22.3 Å². The monoisotopic (exact) mass is 538 g/mol. The van der Waals surface area contributed by atoms with Crippen LogP contribution in [0, 0.1) is 27.7 Å². The minimum absolute atomic E-state index is 0.196. The van der Waals surface area contributed by atoms with Crippen molar-refractivity contribution in [2.24, 2.45) is 5.73 Å². The Balaban J connectivity index is 2.58. The van der Waals surface area contributed by atoms with Crippen molar-refractivity contribution in [3.05, 3.63) is 64.2 Å². The van der Waals surface area contributed by atoms with Crippen molar-refractivity contribution in [3.63, 3.8) is 0 Å². The number of benzene rings is 2. The molecule has 39 heavy (non-hydrogen) atoms. The first-order valence-electron chi connectivity index (χ1n) is 13.2. The predicted octanol–water partition coefficient (Wildman–Crippen LogP) is 4.61. The molecule has 4 N–H and O–H groups in total. The molecule has 2 rings (SSSR count). The van der Waals surface area contributed by atoms with Crippen LogP contribution in [0.5, 0.6) is 0 Å². The van der Waals surface area contributed by atoms with E-state index in [1.54, 1.807) is 20.8 Å². The summed E-state index contributed by atoms with van der Waals surface area (Å²) >= 11 is 0. The molecule has 4 amide bonds. The summed E-state index contributed by atoms with van der Waals surface area (Å²) in [5, 5.41) is 5.51. The van der Waals surface area contributed by atoms with Crippen LogP contribution in [0.1, 0.15) is 74.4 Å². The molecule has 212 valence electrons. The van der Waals surface area contributed by atoms with Gasteiger partial charge in [0.1, 0.15) is 17.7 Å². The largest absolute Gasteiger partial charge is 0.444 e. The predicted molar refractivity (Wildman–Crippen MR) is 152 cm³/mol. The lowest BCUT2D eigenvalue weighted by molar-refractivity contribution is -0.141. The third-order valence-electron chi connectivity index (χ3n) is 6.28. The number of para-hydroxylation sites is 1. The fourth-order valence-corrected chi connectivity index (χ4v) is 4.27. The van der Waals surface area contributed by atoms with Crippen LogP contribution >= 0.6 is 0 Å². The number of nitrogens with zero attached hydrogens (tertiary/aromatic N) is 1. The number of carbonyl (C=O) groups is 4. The highest BCUT2D eigenvalue weighted by Crippen LogP contribution is 2.28. The second-order valence-electron chi connectivity index (χ2n) is 10.9. The molecule has 0 aliphatic carbocycles. The number of primary amides is 1. The topological polar surface area (TPSA) is 131 Å². The number of carbonyl (C=O) groups excluding carboxylic acids is 4. The number of ether oxygens (including phenoxy) is 1. The number of amides is 4. The number of hydrogen-bond acceptors (Lipinski definition) is 5. The summed E-state index contributed by atoms with van der Waals surface area (Å²) in [5.74, 6) is -1.79. The van der Waals surface area contributed by atoms with Gasteiger partial charge in [-0.25, -0.2) is 4.79 Å². The van der Waals surface area contributed by atoms with Gasteiger partial charge >= 0.3 is 6.09 Å². The number of nitrogens with one attached hydrogen (secondary N) is 2. The van der Waals surface area contributed by atoms with Crippen molar-refractivity contribution in [2.45, 2.75) is 85.9 Å². The molecule has 0 saturated heterocycles. The zero-order chi connectivity index (χ0) is 29.5. The molecule has 0 heterocycles. The van der Waals surface area contributed by atoms with Gasteiger partial charge in [0.15, 0.2) is 0 Å². The van der Waals surface area contributed by atoms with Crippen LogP contribution in [0.4, 0.5) is 10.5 Å². The molecule has 0 bridgehead atoms. The van der Waals surface area contributed by atoms with E-state index in [2.05, 4.69) is 10.6 Å². The Morgan fingerprint density at radius 1 is 0.949 bits per heavy atom. The number of anilines is 1. The highest BCUT2D eigenvalue weighted by molar-refractivity contribution is 6.00. The Morgan fingerprint density at radius 3 is 2.08 bits per heavy atom. The highest BCUT2D eigenvalue weighted by atomic mass is 16.6. The molecule has 0 aliphatic heterocycles. The summed E-state index contributed by atoms with van der Waals surface area (Å²) in [7, 11) is 0. The maximum atomic E-state index is 14.0. The normalized spacial score (nSPS) is 12.7. The maximum Gasteiger partial charge on any atom is 0.408 e. The molecule has 9 nitrogen and oxygen atoms in total. The van der Waals surface area contributed by atoms with Crippen molar-refractivity contribution in [1.29, 1.82) is 0 Å². The summed E-state index contributed by atoms with van der Waals surface area (Å²) < 4.78 is 5.31. The molecular weight excluding hydrogens is 496 g/mol. The van der Waals surface area contributed by atoms with E-state index in [0.29, 0.717) is 17.7 Å². The van der Waals surface area contributed by atoms with E-state index in [1.807, 2.05) is 71.0 Å². The highest BCUT2D eigenvalue weighted by Gasteiger charge is 2.37. The molecule has 0 aliphatic rings. The van der Waals surface area contributed by atoms with Crippen LogP contribution in [-0.4, -0.2) is 46.9 Å². The summed E-state index contributed by atoms with van der Waals surface area (Å²) in [6, 6.07) is 8.95. The van der Waals surface area contributed by atoms with E-state index in [4.69, 9.17) is 10.5 Å². The molecule has 2 aromatic rings. The molecule has 2 atom stereocenters. The standard InChI is InChI=1S/C30H42N4O5/c1-9-15-34(28(37)23(17-24(31)35)32-29(38)39-30(6,7)8)26(22-14-13-18(2)21(5)16-22)27(36)33-25-19(3)11-10-12-20(25)4/h10-14,16,23,26H,9,15,17H2,1-8H3,(H2,31,35)(H,32,38)(H,33,36). The molecule has 2 unspecified atom stereocenters. The Labute approximate surface area is 231 Å². The number of nitrogens with two attached hydrogens (primary N) is 1. The minimum atomic E-state index is -1.31. The molecule has 2 aromatic carbocycles. The smallest absolute Gasteiger partial charge is 0.408 e. The zero-order valence-corrected chi connectivity index (χ0v) is 24.3. The van der Waals surface area contributed by atoms with Crippen molar-refractivity contribution in [2.75, 3.05) is 11.9 Å². The van der Waals surface area contributed by atoms with Crippen LogP contribution in [0.25, 0.3) is 0 Å². The molecule has 9 heteroatoms. The first-order chi connectivity index (χ1) is 18.1. The Kier molecular flexibility index (Phi) is 10.7. The second-order valence-corrected chi connectivity index (χ2v) is 10.9. The van der Waals surface area contributed by atoms with E-state index in [-0.39, 0.29) is 6.54 Å². The van der Waals surface area contributed by atoms with E-state index >= 15 is 0 Å². The van der Waals surface area contributed by atoms with E-state index < -0.39 is 47.9 Å². The van der Waals surface area contributed by atoms with Gasteiger partial charge in [-0.15, -0.1) is 0 Å². The third-order valence-corrected chi connectivity index (χ3v) is 6.28. The summed E-state index contributed by atoms with van der Waals surface area (Å²) in [6.45, 7) is 14.8. The first-order valence-corrected chi connectivity index (χ1v) is 13.2. The van der Waals surface area contributed by atoms with Crippen molar-refractivity contribution >= 4 is 29.5 Å². The van der Waals surface area contributed by atoms with Gasteiger partial charge in [-0.3, -0.25) is 14.4 Å². The third kappa shape index (κ3) is 8.84. The zero-order valence-electron chi connectivity index (χ0n) is 24.3. The van der Waals surface area contributed by atoms with Crippen LogP contribution < -0.4 is 16.4 Å². The molecule has 0 aromatic heterocycles. The minimum Gasteiger partial charge on any atom is -0.444 e. The van der Waals surface area contributed by atoms with Gasteiger partial charge in [0.2, 0.25) is 11.8 Å². The number of rotatable bonds is 10. The lowest BCUT2D eigenvalue weighted by atomic mass is 9.97. The van der Waals surface area contributed by atoms with Gasteiger partial charge in [-0.05, 0) is 82.7 Å². The molecule has 0 saturated carbocycles. The lowest BCUT2D eigenvalue weighted by Crippen LogP contribution is -2.53. The Hall–Kier alpha value is -3.88. The number of hydrogen-bond donors (Lipinski definition) is 3. The average Bonchev–Trinajstić information content (AvgIpc) is 2.81. The van der Waals surface area contributed by atoms with Crippen molar-refractivity contribution < 1.29 is 23.9 Å². The van der Waals surface area contributed by atoms with Gasteiger partial charge in [0.05, 0.1) is 6.42 Å². The van der Waals surface area contributed by atoms with Crippen LogP contribution in [0.2, 0.25) is 0 Å². The Morgan fingerprint density at radius 2 is 1.56 bits per heavy atom. The SMILES string of the molecule is CCCN(C(=O)C(CC(N)=O)NC(=O)OC(C)(C)C)C(C(=O)Nc1c(C)cccc1C)c1ccc(C)c(C)c1.